The van der Waals surface area contributed by atoms with Crippen LogP contribution in [-0.4, -0.2) is 12.3 Å². The summed E-state index contributed by atoms with van der Waals surface area (Å²) in [5, 5.41) is 2.62. The Morgan fingerprint density at radius 1 is 1.12 bits per heavy atom. The molecule has 0 radical (unpaired) electrons. The van der Waals surface area contributed by atoms with Crippen LogP contribution in [0.4, 0.5) is 0 Å². The van der Waals surface area contributed by atoms with Crippen molar-refractivity contribution in [3.63, 3.8) is 0 Å². The molecule has 0 aliphatic heterocycles. The molecule has 16 heavy (non-hydrogen) atoms. The van der Waals surface area contributed by atoms with Gasteiger partial charge >= 0.3 is 0 Å². The van der Waals surface area contributed by atoms with Crippen molar-refractivity contribution in [1.29, 1.82) is 0 Å². The second kappa shape index (κ2) is 5.37. The Labute approximate surface area is 101 Å². The summed E-state index contributed by atoms with van der Waals surface area (Å²) in [4.78, 5) is 1.33. The van der Waals surface area contributed by atoms with Gasteiger partial charge in [0.05, 0.1) is 0 Å². The number of fused-ring (bicyclic) bond motifs is 1. The van der Waals surface area contributed by atoms with E-state index >= 15 is 0 Å². The van der Waals surface area contributed by atoms with Crippen molar-refractivity contribution in [3.05, 3.63) is 42.5 Å². The molecule has 2 rings (SSSR count). The summed E-state index contributed by atoms with van der Waals surface area (Å²) in [7, 11) is 0. The van der Waals surface area contributed by atoms with E-state index in [1.165, 1.54) is 15.7 Å². The first-order valence-electron chi connectivity index (χ1n) is 5.61. The summed E-state index contributed by atoms with van der Waals surface area (Å²) in [6, 6.07) is 15.1. The fraction of sp³-hybridized carbons (Fsp3) is 0.286. The molecule has 1 atom stereocenters. The summed E-state index contributed by atoms with van der Waals surface area (Å²) in [5.74, 6) is 1.67. The molecule has 0 spiro atoms. The number of hydrogen-bond acceptors (Lipinski definition) is 2. The average Bonchev–Trinajstić information content (AvgIpc) is 2.35. The molecule has 1 unspecified atom stereocenters. The molecule has 0 saturated heterocycles. The van der Waals surface area contributed by atoms with E-state index in [4.69, 9.17) is 5.73 Å². The van der Waals surface area contributed by atoms with Crippen LogP contribution in [0.3, 0.4) is 0 Å². The molecular weight excluding hydrogens is 214 g/mol. The Hall–Kier alpha value is -0.990. The molecular formula is C14H17NS. The molecule has 0 bridgehead atoms. The average molecular weight is 231 g/mol. The molecule has 0 aliphatic rings. The normalized spacial score (nSPS) is 12.9. The van der Waals surface area contributed by atoms with Gasteiger partial charge in [-0.3, -0.25) is 0 Å². The zero-order valence-corrected chi connectivity index (χ0v) is 10.3. The lowest BCUT2D eigenvalue weighted by Crippen LogP contribution is -2.12. The third-order valence-electron chi connectivity index (χ3n) is 2.66. The van der Waals surface area contributed by atoms with E-state index in [1.54, 1.807) is 0 Å². The maximum atomic E-state index is 5.61. The first-order valence-corrected chi connectivity index (χ1v) is 6.60. The molecule has 0 saturated carbocycles. The number of hydrogen-bond donors (Lipinski definition) is 1. The molecule has 1 nitrogen and oxygen atoms in total. The van der Waals surface area contributed by atoms with Crippen LogP contribution >= 0.6 is 11.8 Å². The largest absolute Gasteiger partial charge is 0.330 e. The van der Waals surface area contributed by atoms with Gasteiger partial charge in [-0.2, -0.15) is 0 Å². The second-order valence-electron chi connectivity index (χ2n) is 4.16. The van der Waals surface area contributed by atoms with Crippen LogP contribution in [-0.2, 0) is 0 Å². The van der Waals surface area contributed by atoms with E-state index in [9.17, 15) is 0 Å². The highest BCUT2D eigenvalue weighted by atomic mass is 32.2. The van der Waals surface area contributed by atoms with Gasteiger partial charge in [0.15, 0.2) is 0 Å². The molecule has 2 N–H and O–H groups in total. The Balaban J connectivity index is 2.13. The van der Waals surface area contributed by atoms with E-state index < -0.39 is 0 Å². The minimum atomic E-state index is 0.580. The Morgan fingerprint density at radius 2 is 1.88 bits per heavy atom. The van der Waals surface area contributed by atoms with Gasteiger partial charge in [-0.05, 0) is 35.4 Å². The standard InChI is InChI=1S/C14H17NS/c1-11(9-15)10-16-14-7-6-12-4-2-3-5-13(12)8-14/h2-8,11H,9-10,15H2,1H3. The highest BCUT2D eigenvalue weighted by molar-refractivity contribution is 7.99. The highest BCUT2D eigenvalue weighted by Gasteiger charge is 2.01. The molecule has 2 aromatic carbocycles. The Kier molecular flexibility index (Phi) is 3.86. The van der Waals surface area contributed by atoms with Gasteiger partial charge in [0.1, 0.15) is 0 Å². The Bertz CT molecular complexity index is 467. The summed E-state index contributed by atoms with van der Waals surface area (Å²) in [5.41, 5.74) is 5.61. The predicted molar refractivity (Wildman–Crippen MR) is 72.9 cm³/mol. The number of benzene rings is 2. The lowest BCUT2D eigenvalue weighted by molar-refractivity contribution is 0.675. The topological polar surface area (TPSA) is 26.0 Å². The van der Waals surface area contributed by atoms with Crippen molar-refractivity contribution in [1.82, 2.24) is 0 Å². The van der Waals surface area contributed by atoms with Crippen molar-refractivity contribution in [2.45, 2.75) is 11.8 Å². The third-order valence-corrected chi connectivity index (χ3v) is 3.98. The van der Waals surface area contributed by atoms with Crippen LogP contribution in [0.5, 0.6) is 0 Å². The lowest BCUT2D eigenvalue weighted by Gasteiger charge is -2.08. The second-order valence-corrected chi connectivity index (χ2v) is 5.25. The molecule has 84 valence electrons. The van der Waals surface area contributed by atoms with Crippen molar-refractivity contribution in [2.75, 3.05) is 12.3 Å². The van der Waals surface area contributed by atoms with Crippen molar-refractivity contribution < 1.29 is 0 Å². The minimum Gasteiger partial charge on any atom is -0.330 e. The fourth-order valence-electron chi connectivity index (χ4n) is 1.56. The molecule has 0 amide bonds. The quantitative estimate of drug-likeness (QED) is 0.815. The van der Waals surface area contributed by atoms with E-state index in [1.807, 2.05) is 11.8 Å². The van der Waals surface area contributed by atoms with Gasteiger partial charge in [0.25, 0.3) is 0 Å². The molecule has 0 fully saturated rings. The van der Waals surface area contributed by atoms with Gasteiger partial charge in [0, 0.05) is 10.6 Å². The van der Waals surface area contributed by atoms with Gasteiger partial charge in [0.2, 0.25) is 0 Å². The number of thioether (sulfide) groups is 1. The SMILES string of the molecule is CC(CN)CSc1ccc2ccccc2c1. The monoisotopic (exact) mass is 231 g/mol. The first kappa shape index (κ1) is 11.5. The van der Waals surface area contributed by atoms with Crippen molar-refractivity contribution >= 4 is 22.5 Å². The summed E-state index contributed by atoms with van der Waals surface area (Å²) in [6.45, 7) is 2.95. The summed E-state index contributed by atoms with van der Waals surface area (Å²) < 4.78 is 0. The number of nitrogens with two attached hydrogens (primary N) is 1. The summed E-state index contributed by atoms with van der Waals surface area (Å²) in [6.07, 6.45) is 0. The van der Waals surface area contributed by atoms with Crippen LogP contribution in [0, 0.1) is 5.92 Å². The fourth-order valence-corrected chi connectivity index (χ4v) is 2.55. The lowest BCUT2D eigenvalue weighted by atomic mass is 10.1. The molecule has 0 aromatic heterocycles. The Morgan fingerprint density at radius 3 is 2.62 bits per heavy atom. The molecule has 0 heterocycles. The van der Waals surface area contributed by atoms with E-state index in [-0.39, 0.29) is 0 Å². The van der Waals surface area contributed by atoms with Crippen molar-refractivity contribution in [2.24, 2.45) is 11.7 Å². The zero-order valence-electron chi connectivity index (χ0n) is 9.52. The maximum absolute atomic E-state index is 5.61. The molecule has 2 aromatic rings. The first-order chi connectivity index (χ1) is 7.79. The third kappa shape index (κ3) is 2.77. The van der Waals surface area contributed by atoms with E-state index in [0.29, 0.717) is 5.92 Å². The van der Waals surface area contributed by atoms with Crippen molar-refractivity contribution in [3.8, 4) is 0 Å². The van der Waals surface area contributed by atoms with Crippen LogP contribution in [0.1, 0.15) is 6.92 Å². The van der Waals surface area contributed by atoms with Gasteiger partial charge < -0.3 is 5.73 Å². The van der Waals surface area contributed by atoms with Gasteiger partial charge in [-0.15, -0.1) is 11.8 Å². The zero-order chi connectivity index (χ0) is 11.4. The van der Waals surface area contributed by atoms with Crippen LogP contribution in [0.25, 0.3) is 10.8 Å². The minimum absolute atomic E-state index is 0.580. The van der Waals surface area contributed by atoms with Crippen LogP contribution in [0.2, 0.25) is 0 Å². The highest BCUT2D eigenvalue weighted by Crippen LogP contribution is 2.24. The maximum Gasteiger partial charge on any atom is 0.00784 e. The number of rotatable bonds is 4. The van der Waals surface area contributed by atoms with Crippen LogP contribution in [0.15, 0.2) is 47.4 Å². The smallest absolute Gasteiger partial charge is 0.00784 e. The van der Waals surface area contributed by atoms with Gasteiger partial charge in [-0.1, -0.05) is 37.3 Å². The molecule has 2 heteroatoms. The van der Waals surface area contributed by atoms with Gasteiger partial charge in [-0.25, -0.2) is 0 Å². The van der Waals surface area contributed by atoms with Crippen LogP contribution < -0.4 is 5.73 Å². The summed E-state index contributed by atoms with van der Waals surface area (Å²) >= 11 is 1.89. The molecule has 0 aliphatic carbocycles. The van der Waals surface area contributed by atoms with E-state index in [0.717, 1.165) is 12.3 Å². The predicted octanol–water partition coefficient (Wildman–Crippen LogP) is 3.53. The van der Waals surface area contributed by atoms with E-state index in [2.05, 4.69) is 49.4 Å².